The molecule has 13 rings (SSSR count). The molecule has 5 aliphatic carbocycles. The van der Waals surface area contributed by atoms with E-state index in [9.17, 15) is 0 Å². The van der Waals surface area contributed by atoms with Crippen molar-refractivity contribution in [1.82, 2.24) is 0 Å². The third kappa shape index (κ3) is 3.52. The first-order chi connectivity index (χ1) is 24.8. The molecule has 0 atom stereocenters. The fourth-order valence-electron chi connectivity index (χ4n) is 12.2. The average Bonchev–Trinajstić information content (AvgIpc) is 3.46. The Morgan fingerprint density at radius 1 is 0.380 bits per heavy atom. The monoisotopic (exact) mass is 638 g/mol. The molecular formula is C50H38. The van der Waals surface area contributed by atoms with Crippen LogP contribution in [-0.4, -0.2) is 0 Å². The average molecular weight is 639 g/mol. The van der Waals surface area contributed by atoms with Gasteiger partial charge in [-0.1, -0.05) is 133 Å². The van der Waals surface area contributed by atoms with Gasteiger partial charge < -0.3 is 0 Å². The van der Waals surface area contributed by atoms with Crippen LogP contribution in [0.3, 0.4) is 0 Å². The van der Waals surface area contributed by atoms with Crippen molar-refractivity contribution in [2.45, 2.75) is 37.5 Å². The zero-order valence-electron chi connectivity index (χ0n) is 28.2. The Labute approximate surface area is 293 Å². The quantitative estimate of drug-likeness (QED) is 0.165. The molecule has 238 valence electrons. The van der Waals surface area contributed by atoms with Gasteiger partial charge in [0, 0.05) is 5.41 Å². The maximum absolute atomic E-state index is 2.52. The van der Waals surface area contributed by atoms with Gasteiger partial charge in [0.05, 0.1) is 0 Å². The van der Waals surface area contributed by atoms with Crippen LogP contribution in [0.4, 0.5) is 0 Å². The normalized spacial score (nSPS) is 24.5. The van der Waals surface area contributed by atoms with Crippen LogP contribution >= 0.6 is 0 Å². The van der Waals surface area contributed by atoms with Gasteiger partial charge in [0.1, 0.15) is 0 Å². The molecule has 0 aliphatic heterocycles. The van der Waals surface area contributed by atoms with Crippen LogP contribution in [0.25, 0.3) is 76.5 Å². The van der Waals surface area contributed by atoms with Crippen molar-refractivity contribution < 1.29 is 0 Å². The summed E-state index contributed by atoms with van der Waals surface area (Å²) in [5.41, 5.74) is 11.7. The molecule has 1 spiro atoms. The topological polar surface area (TPSA) is 0 Å². The Bertz CT molecular complexity index is 2640. The van der Waals surface area contributed by atoms with Gasteiger partial charge in [0.25, 0.3) is 0 Å². The molecule has 0 heterocycles. The molecule has 5 aliphatic rings. The lowest BCUT2D eigenvalue weighted by Gasteiger charge is -2.61. The van der Waals surface area contributed by atoms with Crippen molar-refractivity contribution in [3.8, 4) is 33.4 Å². The molecule has 4 fully saturated rings. The lowest BCUT2D eigenvalue weighted by Crippen LogP contribution is -2.55. The van der Waals surface area contributed by atoms with E-state index >= 15 is 0 Å². The molecule has 8 aromatic rings. The summed E-state index contributed by atoms with van der Waals surface area (Å²) < 4.78 is 0. The summed E-state index contributed by atoms with van der Waals surface area (Å²) in [5, 5.41) is 10.7. The highest BCUT2D eigenvalue weighted by molar-refractivity contribution is 6.22. The highest BCUT2D eigenvalue weighted by atomic mass is 14.6. The maximum Gasteiger partial charge on any atom is 0.0278 e. The van der Waals surface area contributed by atoms with Gasteiger partial charge in [0.2, 0.25) is 0 Å². The lowest BCUT2D eigenvalue weighted by molar-refractivity contribution is -0.0393. The van der Waals surface area contributed by atoms with Gasteiger partial charge >= 0.3 is 0 Å². The summed E-state index contributed by atoms with van der Waals surface area (Å²) in [6.07, 6.45) is 7.14. The van der Waals surface area contributed by atoms with Crippen LogP contribution in [0.5, 0.6) is 0 Å². The van der Waals surface area contributed by atoms with Gasteiger partial charge in [0.15, 0.2) is 0 Å². The second-order valence-electron chi connectivity index (χ2n) is 16.0. The largest absolute Gasteiger partial charge is 0.0619 e. The fourth-order valence-corrected chi connectivity index (χ4v) is 12.2. The Morgan fingerprint density at radius 2 is 0.900 bits per heavy atom. The van der Waals surface area contributed by atoms with Gasteiger partial charge in [-0.2, -0.15) is 0 Å². The van der Waals surface area contributed by atoms with Crippen molar-refractivity contribution in [3.05, 3.63) is 157 Å². The Balaban J connectivity index is 1.10. The molecule has 0 heteroatoms. The zero-order chi connectivity index (χ0) is 32.6. The molecule has 0 radical (unpaired) electrons. The predicted molar refractivity (Wildman–Crippen MR) is 211 cm³/mol. The number of hydrogen-bond acceptors (Lipinski definition) is 0. The summed E-state index contributed by atoms with van der Waals surface area (Å²) >= 11 is 0. The third-order valence-electron chi connectivity index (χ3n) is 13.8. The molecule has 0 nitrogen and oxygen atoms in total. The third-order valence-corrected chi connectivity index (χ3v) is 13.8. The summed E-state index contributed by atoms with van der Waals surface area (Å²) in [7, 11) is 0. The number of benzene rings is 8. The molecular weight excluding hydrogens is 601 g/mol. The molecule has 0 saturated heterocycles. The highest BCUT2D eigenvalue weighted by Crippen LogP contribution is 2.70. The van der Waals surface area contributed by atoms with Crippen molar-refractivity contribution >= 4 is 43.1 Å². The first-order valence-electron chi connectivity index (χ1n) is 18.9. The van der Waals surface area contributed by atoms with Crippen molar-refractivity contribution in [2.75, 3.05) is 0 Å². The van der Waals surface area contributed by atoms with E-state index < -0.39 is 0 Å². The number of rotatable bonds is 2. The van der Waals surface area contributed by atoms with Gasteiger partial charge in [-0.15, -0.1) is 0 Å². The van der Waals surface area contributed by atoms with Gasteiger partial charge in [-0.05, 0) is 156 Å². The van der Waals surface area contributed by atoms with Crippen LogP contribution < -0.4 is 0 Å². The van der Waals surface area contributed by atoms with E-state index in [2.05, 4.69) is 146 Å². The van der Waals surface area contributed by atoms with Gasteiger partial charge in [-0.25, -0.2) is 0 Å². The lowest BCUT2D eigenvalue weighted by atomic mass is 9.43. The molecule has 0 amide bonds. The van der Waals surface area contributed by atoms with Crippen LogP contribution in [0.2, 0.25) is 0 Å². The molecule has 50 heavy (non-hydrogen) atoms. The van der Waals surface area contributed by atoms with Crippen molar-refractivity contribution in [3.63, 3.8) is 0 Å². The predicted octanol–water partition coefficient (Wildman–Crippen LogP) is 13.4. The Hall–Kier alpha value is -5.20. The first kappa shape index (κ1) is 27.6. The molecule has 8 aromatic carbocycles. The number of fused-ring (bicyclic) bond motifs is 8. The van der Waals surface area contributed by atoms with E-state index in [1.54, 1.807) is 11.1 Å². The molecule has 0 aromatic heterocycles. The van der Waals surface area contributed by atoms with Crippen molar-refractivity contribution in [1.29, 1.82) is 0 Å². The van der Waals surface area contributed by atoms with E-state index in [0.29, 0.717) is 0 Å². The number of hydrogen-bond donors (Lipinski definition) is 0. The molecule has 4 bridgehead atoms. The van der Waals surface area contributed by atoms with Crippen molar-refractivity contribution in [2.24, 2.45) is 23.7 Å². The van der Waals surface area contributed by atoms with E-state index in [-0.39, 0.29) is 5.41 Å². The minimum absolute atomic E-state index is 0.168. The standard InChI is InChI=1S/C50H38/c1-2-10-33-28-35(18-17-32(33)9-1)47-41-12-3-5-14-43(41)48(44-15-6-4-13-42(44)47)36-20-21-39-34(29-36)19-22-45-40-11-7-8-16-46(40)50(49(39)45)37-24-30-23-31(26-37)27-38(50)25-30/h1-22,28-31,37-38H,23-27H2. The smallest absolute Gasteiger partial charge is 0.0278 e. The van der Waals surface area contributed by atoms with E-state index in [1.165, 1.54) is 109 Å². The van der Waals surface area contributed by atoms with E-state index in [4.69, 9.17) is 0 Å². The first-order valence-corrected chi connectivity index (χ1v) is 18.9. The Morgan fingerprint density at radius 3 is 1.56 bits per heavy atom. The van der Waals surface area contributed by atoms with Crippen LogP contribution in [0, 0.1) is 23.7 Å². The zero-order valence-corrected chi connectivity index (χ0v) is 28.2. The minimum atomic E-state index is 0.168. The molecule has 4 saturated carbocycles. The second kappa shape index (κ2) is 9.95. The van der Waals surface area contributed by atoms with Crippen LogP contribution in [0.1, 0.15) is 43.2 Å². The highest BCUT2D eigenvalue weighted by Gasteiger charge is 2.61. The molecule has 0 unspecified atom stereocenters. The summed E-state index contributed by atoms with van der Waals surface area (Å²) in [6, 6.07) is 55.8. The summed E-state index contributed by atoms with van der Waals surface area (Å²) in [5.74, 6) is 3.42. The Kier molecular flexibility index (Phi) is 5.49. The summed E-state index contributed by atoms with van der Waals surface area (Å²) in [6.45, 7) is 0. The SMILES string of the molecule is c1ccc2c(c1)-c1ccc3cc(-c4c5ccccc5c(-c5ccc6ccccc6c5)c5ccccc45)ccc3c1C21C2CC3CC(C2)CC1C3. The van der Waals surface area contributed by atoms with Gasteiger partial charge in [-0.3, -0.25) is 0 Å². The molecule has 0 N–H and O–H groups in total. The minimum Gasteiger partial charge on any atom is -0.0619 e. The fraction of sp³-hybridized carbons (Fsp3) is 0.200. The summed E-state index contributed by atoms with van der Waals surface area (Å²) in [4.78, 5) is 0. The second-order valence-corrected chi connectivity index (χ2v) is 16.0. The maximum atomic E-state index is 2.52. The van der Waals surface area contributed by atoms with E-state index in [1.807, 2.05) is 0 Å². The van der Waals surface area contributed by atoms with Crippen LogP contribution in [-0.2, 0) is 5.41 Å². The van der Waals surface area contributed by atoms with E-state index in [0.717, 1.165) is 23.7 Å². The van der Waals surface area contributed by atoms with Crippen LogP contribution in [0.15, 0.2) is 146 Å².